The second-order valence-electron chi connectivity index (χ2n) is 3.87. The van der Waals surface area contributed by atoms with Crippen molar-refractivity contribution < 1.29 is 14.3 Å². The minimum absolute atomic E-state index is 0.0628. The number of esters is 1. The zero-order valence-electron chi connectivity index (χ0n) is 10.5. The maximum absolute atomic E-state index is 11.3. The van der Waals surface area contributed by atoms with Crippen molar-refractivity contribution in [2.75, 3.05) is 6.61 Å². The molecule has 0 radical (unpaired) electrons. The molecule has 3 heteroatoms. The fraction of sp³-hybridized carbons (Fsp3) is 0.357. The number of para-hydroxylation sites is 1. The van der Waals surface area contributed by atoms with Gasteiger partial charge in [0, 0.05) is 5.56 Å². The van der Waals surface area contributed by atoms with Crippen LogP contribution in [-0.2, 0) is 9.53 Å². The van der Waals surface area contributed by atoms with E-state index in [9.17, 15) is 4.79 Å². The molecule has 0 atom stereocenters. The number of hydrogen-bond acceptors (Lipinski definition) is 3. The number of rotatable bonds is 5. The number of carbonyl (C=O) groups is 1. The van der Waals surface area contributed by atoms with Crippen LogP contribution in [0.3, 0.4) is 0 Å². The van der Waals surface area contributed by atoms with Crippen molar-refractivity contribution in [2.45, 2.75) is 26.9 Å². The second-order valence-corrected chi connectivity index (χ2v) is 3.87. The molecule has 0 amide bonds. The molecule has 0 aliphatic heterocycles. The van der Waals surface area contributed by atoms with E-state index in [1.165, 1.54) is 0 Å². The summed E-state index contributed by atoms with van der Waals surface area (Å²) in [7, 11) is 0. The molecule has 1 rings (SSSR count). The van der Waals surface area contributed by atoms with Gasteiger partial charge < -0.3 is 9.47 Å². The van der Waals surface area contributed by atoms with Gasteiger partial charge >= 0.3 is 5.97 Å². The highest BCUT2D eigenvalue weighted by Gasteiger charge is 2.07. The number of ether oxygens (including phenoxy) is 2. The Morgan fingerprint density at radius 2 is 2.06 bits per heavy atom. The summed E-state index contributed by atoms with van der Waals surface area (Å²) < 4.78 is 10.4. The summed E-state index contributed by atoms with van der Waals surface area (Å²) >= 11 is 0. The van der Waals surface area contributed by atoms with Gasteiger partial charge in [0.2, 0.25) is 0 Å². The molecule has 3 nitrogen and oxygen atoms in total. The predicted molar refractivity (Wildman–Crippen MR) is 67.9 cm³/mol. The maximum atomic E-state index is 11.3. The van der Waals surface area contributed by atoms with Crippen LogP contribution in [0.5, 0.6) is 5.75 Å². The SMILES string of the molecule is C/C=C/c1ccccc1OCC(=O)OC(C)C. The molecule has 0 bridgehead atoms. The quantitative estimate of drug-likeness (QED) is 0.734. The highest BCUT2D eigenvalue weighted by Crippen LogP contribution is 2.19. The molecule has 0 spiro atoms. The van der Waals surface area contributed by atoms with Crippen LogP contribution in [0.1, 0.15) is 26.3 Å². The molecule has 0 saturated heterocycles. The molecule has 0 unspecified atom stereocenters. The first-order chi connectivity index (χ1) is 8.13. The van der Waals surface area contributed by atoms with Crippen molar-refractivity contribution in [1.82, 2.24) is 0 Å². The van der Waals surface area contributed by atoms with Crippen molar-refractivity contribution in [3.8, 4) is 5.75 Å². The van der Waals surface area contributed by atoms with Crippen molar-refractivity contribution in [3.63, 3.8) is 0 Å². The first kappa shape index (κ1) is 13.3. The summed E-state index contributed by atoms with van der Waals surface area (Å²) in [6.07, 6.45) is 3.74. The Morgan fingerprint density at radius 1 is 1.35 bits per heavy atom. The summed E-state index contributed by atoms with van der Waals surface area (Å²) in [5, 5.41) is 0. The lowest BCUT2D eigenvalue weighted by Gasteiger charge is -2.10. The fourth-order valence-electron chi connectivity index (χ4n) is 1.36. The molecule has 1 aromatic carbocycles. The highest BCUT2D eigenvalue weighted by molar-refractivity contribution is 5.71. The molecule has 0 aromatic heterocycles. The molecule has 17 heavy (non-hydrogen) atoms. The van der Waals surface area contributed by atoms with Crippen LogP contribution in [0, 0.1) is 0 Å². The number of benzene rings is 1. The molecule has 0 N–H and O–H groups in total. The van der Waals surface area contributed by atoms with Crippen molar-refractivity contribution in [1.29, 1.82) is 0 Å². The molecule has 0 fully saturated rings. The Hall–Kier alpha value is -1.77. The topological polar surface area (TPSA) is 35.5 Å². The highest BCUT2D eigenvalue weighted by atomic mass is 16.6. The van der Waals surface area contributed by atoms with Crippen LogP contribution >= 0.6 is 0 Å². The van der Waals surface area contributed by atoms with E-state index in [4.69, 9.17) is 9.47 Å². The van der Waals surface area contributed by atoms with Crippen LogP contribution in [0.15, 0.2) is 30.3 Å². The van der Waals surface area contributed by atoms with E-state index in [1.807, 2.05) is 57.2 Å². The lowest BCUT2D eigenvalue weighted by molar-refractivity contribution is -0.149. The fourth-order valence-corrected chi connectivity index (χ4v) is 1.36. The minimum Gasteiger partial charge on any atom is -0.481 e. The summed E-state index contributed by atoms with van der Waals surface area (Å²) in [5.74, 6) is 0.335. The number of carbonyl (C=O) groups excluding carboxylic acids is 1. The van der Waals surface area contributed by atoms with E-state index in [2.05, 4.69) is 0 Å². The minimum atomic E-state index is -0.352. The van der Waals surface area contributed by atoms with Gasteiger partial charge in [-0.05, 0) is 26.8 Å². The van der Waals surface area contributed by atoms with Crippen LogP contribution < -0.4 is 4.74 Å². The third-order valence-corrected chi connectivity index (χ3v) is 1.98. The Kier molecular flexibility index (Phi) is 5.27. The first-order valence-corrected chi connectivity index (χ1v) is 5.67. The van der Waals surface area contributed by atoms with E-state index in [0.717, 1.165) is 5.56 Å². The first-order valence-electron chi connectivity index (χ1n) is 5.67. The average molecular weight is 234 g/mol. The largest absolute Gasteiger partial charge is 0.481 e. The molecule has 0 aliphatic carbocycles. The monoisotopic (exact) mass is 234 g/mol. The van der Waals surface area contributed by atoms with Crippen LogP contribution in [-0.4, -0.2) is 18.7 Å². The van der Waals surface area contributed by atoms with Gasteiger partial charge in [-0.3, -0.25) is 0 Å². The summed E-state index contributed by atoms with van der Waals surface area (Å²) in [4.78, 5) is 11.3. The molecule has 1 aromatic rings. The van der Waals surface area contributed by atoms with Gasteiger partial charge in [-0.25, -0.2) is 4.79 Å². The predicted octanol–water partition coefficient (Wildman–Crippen LogP) is 3.05. The van der Waals surface area contributed by atoms with Crippen molar-refractivity contribution in [3.05, 3.63) is 35.9 Å². The van der Waals surface area contributed by atoms with Gasteiger partial charge in [-0.15, -0.1) is 0 Å². The maximum Gasteiger partial charge on any atom is 0.344 e. The summed E-state index contributed by atoms with van der Waals surface area (Å²) in [5.41, 5.74) is 0.951. The van der Waals surface area contributed by atoms with E-state index >= 15 is 0 Å². The smallest absolute Gasteiger partial charge is 0.344 e. The lowest BCUT2D eigenvalue weighted by Crippen LogP contribution is -2.18. The third-order valence-electron chi connectivity index (χ3n) is 1.98. The molecule has 0 heterocycles. The molecule has 0 aliphatic rings. The molecular weight excluding hydrogens is 216 g/mol. The zero-order chi connectivity index (χ0) is 12.7. The van der Waals surface area contributed by atoms with Crippen molar-refractivity contribution >= 4 is 12.0 Å². The average Bonchev–Trinajstić information content (AvgIpc) is 2.27. The van der Waals surface area contributed by atoms with Crippen LogP contribution in [0.25, 0.3) is 6.08 Å². The van der Waals surface area contributed by atoms with Gasteiger partial charge in [0.15, 0.2) is 6.61 Å². The van der Waals surface area contributed by atoms with Crippen molar-refractivity contribution in [2.24, 2.45) is 0 Å². The van der Waals surface area contributed by atoms with Crippen LogP contribution in [0.4, 0.5) is 0 Å². The molecule has 0 saturated carbocycles. The van der Waals surface area contributed by atoms with Crippen LogP contribution in [0.2, 0.25) is 0 Å². The van der Waals surface area contributed by atoms with Gasteiger partial charge in [0.1, 0.15) is 5.75 Å². The Labute approximate surface area is 102 Å². The van der Waals surface area contributed by atoms with E-state index < -0.39 is 0 Å². The summed E-state index contributed by atoms with van der Waals surface area (Å²) in [6, 6.07) is 7.56. The zero-order valence-corrected chi connectivity index (χ0v) is 10.5. The standard InChI is InChI=1S/C14H18O3/c1-4-7-12-8-5-6-9-13(12)16-10-14(15)17-11(2)3/h4-9,11H,10H2,1-3H3/b7-4+. The third kappa shape index (κ3) is 4.72. The number of hydrogen-bond donors (Lipinski definition) is 0. The second kappa shape index (κ2) is 6.74. The number of allylic oxidation sites excluding steroid dienone is 1. The van der Waals surface area contributed by atoms with Gasteiger partial charge in [-0.1, -0.05) is 30.4 Å². The Bertz CT molecular complexity index is 394. The molecular formula is C14H18O3. The molecule has 92 valence electrons. The van der Waals surface area contributed by atoms with E-state index in [1.54, 1.807) is 0 Å². The Balaban J connectivity index is 2.60. The normalized spacial score (nSPS) is 10.8. The van der Waals surface area contributed by atoms with Gasteiger partial charge in [0.05, 0.1) is 6.10 Å². The summed E-state index contributed by atoms with van der Waals surface area (Å²) in [6.45, 7) is 5.49. The van der Waals surface area contributed by atoms with E-state index in [-0.39, 0.29) is 18.7 Å². The Morgan fingerprint density at radius 3 is 2.71 bits per heavy atom. The lowest BCUT2D eigenvalue weighted by atomic mass is 10.2. The van der Waals surface area contributed by atoms with E-state index in [0.29, 0.717) is 5.75 Å². The van der Waals surface area contributed by atoms with Gasteiger partial charge in [-0.2, -0.15) is 0 Å². The van der Waals surface area contributed by atoms with Gasteiger partial charge in [0.25, 0.3) is 0 Å².